The van der Waals surface area contributed by atoms with E-state index in [2.05, 4.69) is 13.8 Å². The first-order valence-corrected chi connectivity index (χ1v) is 5.95. The van der Waals surface area contributed by atoms with Crippen molar-refractivity contribution in [2.75, 3.05) is 13.2 Å². The summed E-state index contributed by atoms with van der Waals surface area (Å²) in [6.07, 6.45) is 1.10. The third-order valence-corrected chi connectivity index (χ3v) is 3.31. The van der Waals surface area contributed by atoms with Crippen molar-refractivity contribution in [3.8, 4) is 0 Å². The molecule has 1 fully saturated rings. The van der Waals surface area contributed by atoms with Crippen LogP contribution < -0.4 is 0 Å². The molecule has 0 aromatic rings. The molecule has 0 bridgehead atoms. The van der Waals surface area contributed by atoms with Crippen LogP contribution in [-0.2, 0) is 14.3 Å². The number of hydrogen-bond donors (Lipinski definition) is 0. The lowest BCUT2D eigenvalue weighted by molar-refractivity contribution is -0.162. The number of carbonyl (C=O) groups excluding carboxylic acids is 2. The van der Waals surface area contributed by atoms with Crippen molar-refractivity contribution < 1.29 is 14.3 Å². The van der Waals surface area contributed by atoms with Crippen molar-refractivity contribution in [3.05, 3.63) is 0 Å². The van der Waals surface area contributed by atoms with E-state index in [-0.39, 0.29) is 12.6 Å². The van der Waals surface area contributed by atoms with Gasteiger partial charge in [0.2, 0.25) is 0 Å². The van der Waals surface area contributed by atoms with Gasteiger partial charge in [-0.2, -0.15) is 0 Å². The fraction of sp³-hybridized carbons (Fsp3) is 0.833. The third kappa shape index (κ3) is 2.74. The van der Waals surface area contributed by atoms with E-state index in [9.17, 15) is 9.59 Å². The van der Waals surface area contributed by atoms with Crippen molar-refractivity contribution in [1.29, 1.82) is 0 Å². The van der Waals surface area contributed by atoms with Crippen molar-refractivity contribution >= 4 is 11.9 Å². The van der Waals surface area contributed by atoms with Crippen LogP contribution in [0, 0.1) is 11.8 Å². The van der Waals surface area contributed by atoms with Crippen LogP contribution in [-0.4, -0.2) is 36.0 Å². The highest BCUT2D eigenvalue weighted by atomic mass is 16.5. The lowest BCUT2D eigenvalue weighted by Gasteiger charge is -2.40. The van der Waals surface area contributed by atoms with Crippen molar-refractivity contribution in [2.24, 2.45) is 11.8 Å². The predicted molar refractivity (Wildman–Crippen MR) is 60.8 cm³/mol. The van der Waals surface area contributed by atoms with Crippen LogP contribution in [0.4, 0.5) is 0 Å². The van der Waals surface area contributed by atoms with Gasteiger partial charge in [-0.1, -0.05) is 13.8 Å². The summed E-state index contributed by atoms with van der Waals surface area (Å²) >= 11 is 0. The van der Waals surface area contributed by atoms with Gasteiger partial charge in [-0.15, -0.1) is 0 Å². The van der Waals surface area contributed by atoms with E-state index in [4.69, 9.17) is 4.74 Å². The Bertz CT molecular complexity index is 277. The number of piperidine rings is 1. The zero-order valence-corrected chi connectivity index (χ0v) is 10.5. The van der Waals surface area contributed by atoms with Gasteiger partial charge in [0.15, 0.2) is 0 Å². The maximum absolute atomic E-state index is 11.8. The Morgan fingerprint density at radius 2 is 1.94 bits per heavy atom. The predicted octanol–water partition coefficient (Wildman–Crippen LogP) is 1.44. The lowest BCUT2D eigenvalue weighted by atomic mass is 9.86. The smallest absolute Gasteiger partial charge is 0.397 e. The molecule has 4 heteroatoms. The summed E-state index contributed by atoms with van der Waals surface area (Å²) in [6.45, 7) is 8.82. The molecule has 1 heterocycles. The largest absolute Gasteiger partial charge is 0.459 e. The van der Waals surface area contributed by atoms with Gasteiger partial charge in [0.1, 0.15) is 0 Å². The first-order chi connectivity index (χ1) is 7.47. The first kappa shape index (κ1) is 13.0. The Balaban J connectivity index is 2.70. The molecule has 1 aliphatic heterocycles. The molecule has 1 aliphatic rings. The summed E-state index contributed by atoms with van der Waals surface area (Å²) in [5.41, 5.74) is 0. The number of carbonyl (C=O) groups is 2. The molecule has 1 amide bonds. The number of hydrogen-bond acceptors (Lipinski definition) is 3. The molecule has 0 spiro atoms. The van der Waals surface area contributed by atoms with Crippen LogP contribution in [0.5, 0.6) is 0 Å². The Labute approximate surface area is 96.9 Å². The quantitative estimate of drug-likeness (QED) is 0.503. The highest BCUT2D eigenvalue weighted by Gasteiger charge is 2.35. The van der Waals surface area contributed by atoms with E-state index < -0.39 is 11.9 Å². The van der Waals surface area contributed by atoms with E-state index in [1.807, 2.05) is 6.92 Å². The number of ether oxygens (including phenoxy) is 1. The van der Waals surface area contributed by atoms with Gasteiger partial charge in [0.05, 0.1) is 6.61 Å². The zero-order valence-electron chi connectivity index (χ0n) is 10.5. The highest BCUT2D eigenvalue weighted by Crippen LogP contribution is 2.26. The van der Waals surface area contributed by atoms with Gasteiger partial charge in [-0.3, -0.25) is 4.79 Å². The van der Waals surface area contributed by atoms with E-state index >= 15 is 0 Å². The van der Waals surface area contributed by atoms with E-state index in [1.54, 1.807) is 11.8 Å². The molecule has 0 aromatic heterocycles. The standard InChI is InChI=1S/C12H21NO3/c1-5-16-12(15)11(14)13-7-8(2)6-9(3)10(13)4/h8-10H,5-7H2,1-4H3. The minimum atomic E-state index is -0.726. The Hall–Kier alpha value is -1.06. The van der Waals surface area contributed by atoms with Crippen LogP contribution in [0.25, 0.3) is 0 Å². The molecule has 3 unspecified atom stereocenters. The molecular weight excluding hydrogens is 206 g/mol. The Kier molecular flexibility index (Phi) is 4.33. The van der Waals surface area contributed by atoms with Crippen molar-refractivity contribution in [2.45, 2.75) is 40.2 Å². The molecule has 0 N–H and O–H groups in total. The van der Waals surface area contributed by atoms with Gasteiger partial charge in [-0.05, 0) is 32.1 Å². The summed E-state index contributed by atoms with van der Waals surface area (Å²) in [5, 5.41) is 0. The maximum Gasteiger partial charge on any atom is 0.397 e. The highest BCUT2D eigenvalue weighted by molar-refractivity contribution is 6.32. The Morgan fingerprint density at radius 3 is 2.50 bits per heavy atom. The van der Waals surface area contributed by atoms with Gasteiger partial charge in [0.25, 0.3) is 0 Å². The fourth-order valence-electron chi connectivity index (χ4n) is 2.29. The van der Waals surface area contributed by atoms with Crippen LogP contribution in [0.3, 0.4) is 0 Å². The second-order valence-corrected chi connectivity index (χ2v) is 4.74. The summed E-state index contributed by atoms with van der Waals surface area (Å²) in [4.78, 5) is 24.9. The normalized spacial score (nSPS) is 30.0. The lowest BCUT2D eigenvalue weighted by Crippen LogP contribution is -2.51. The molecule has 16 heavy (non-hydrogen) atoms. The zero-order chi connectivity index (χ0) is 12.3. The fourth-order valence-corrected chi connectivity index (χ4v) is 2.29. The summed E-state index contributed by atoms with van der Waals surface area (Å²) < 4.78 is 4.75. The number of likely N-dealkylation sites (tertiary alicyclic amines) is 1. The summed E-state index contributed by atoms with van der Waals surface area (Å²) in [7, 11) is 0. The van der Waals surface area contributed by atoms with E-state index in [1.165, 1.54) is 0 Å². The molecule has 1 saturated heterocycles. The number of esters is 1. The third-order valence-electron chi connectivity index (χ3n) is 3.31. The molecule has 1 rings (SSSR count). The SMILES string of the molecule is CCOC(=O)C(=O)N1CC(C)CC(C)C1C. The molecular formula is C12H21NO3. The molecule has 0 saturated carbocycles. The van der Waals surface area contributed by atoms with E-state index in [0.717, 1.165) is 6.42 Å². The van der Waals surface area contributed by atoms with Crippen LogP contribution in [0.2, 0.25) is 0 Å². The molecule has 3 atom stereocenters. The second-order valence-electron chi connectivity index (χ2n) is 4.74. The monoisotopic (exact) mass is 227 g/mol. The molecule has 0 radical (unpaired) electrons. The van der Waals surface area contributed by atoms with Gasteiger partial charge in [-0.25, -0.2) is 4.79 Å². The minimum absolute atomic E-state index is 0.119. The number of nitrogens with zero attached hydrogens (tertiary/aromatic N) is 1. The molecule has 92 valence electrons. The van der Waals surface area contributed by atoms with Crippen LogP contribution >= 0.6 is 0 Å². The average molecular weight is 227 g/mol. The molecule has 4 nitrogen and oxygen atoms in total. The van der Waals surface area contributed by atoms with Gasteiger partial charge in [0, 0.05) is 12.6 Å². The average Bonchev–Trinajstić information content (AvgIpc) is 2.22. The molecule has 0 aliphatic carbocycles. The van der Waals surface area contributed by atoms with Crippen LogP contribution in [0.1, 0.15) is 34.1 Å². The first-order valence-electron chi connectivity index (χ1n) is 5.95. The van der Waals surface area contributed by atoms with Crippen molar-refractivity contribution in [3.63, 3.8) is 0 Å². The number of rotatable bonds is 1. The topological polar surface area (TPSA) is 46.6 Å². The summed E-state index contributed by atoms with van der Waals surface area (Å²) in [5.74, 6) is -0.338. The maximum atomic E-state index is 11.8. The van der Waals surface area contributed by atoms with Crippen molar-refractivity contribution in [1.82, 2.24) is 4.90 Å². The van der Waals surface area contributed by atoms with Gasteiger partial charge < -0.3 is 9.64 Å². The summed E-state index contributed by atoms with van der Waals surface area (Å²) in [6, 6.07) is 0.119. The minimum Gasteiger partial charge on any atom is -0.459 e. The molecule has 0 aromatic carbocycles. The number of amides is 1. The Morgan fingerprint density at radius 1 is 1.31 bits per heavy atom. The van der Waals surface area contributed by atoms with Gasteiger partial charge >= 0.3 is 11.9 Å². The van der Waals surface area contributed by atoms with Crippen LogP contribution in [0.15, 0.2) is 0 Å². The van der Waals surface area contributed by atoms with E-state index in [0.29, 0.717) is 18.4 Å². The second kappa shape index (κ2) is 5.32.